The van der Waals surface area contributed by atoms with Crippen LogP contribution in [0.4, 0.5) is 17.3 Å². The van der Waals surface area contributed by atoms with Crippen LogP contribution in [-0.2, 0) is 6.54 Å². The summed E-state index contributed by atoms with van der Waals surface area (Å²) in [5.74, 6) is 1.11. The maximum Gasteiger partial charge on any atom is 0.255 e. The summed E-state index contributed by atoms with van der Waals surface area (Å²) < 4.78 is 8.09. The minimum atomic E-state index is -0.192. The van der Waals surface area contributed by atoms with E-state index in [0.29, 0.717) is 23.7 Å². The number of nitrogens with zero attached hydrogens (tertiary/aromatic N) is 4. The minimum absolute atomic E-state index is 0.192. The molecule has 0 atom stereocenters. The van der Waals surface area contributed by atoms with E-state index in [1.165, 1.54) is 10.8 Å². The lowest BCUT2D eigenvalue weighted by molar-refractivity contribution is 0.102. The van der Waals surface area contributed by atoms with E-state index in [-0.39, 0.29) is 5.91 Å². The molecule has 7 aromatic rings. The van der Waals surface area contributed by atoms with E-state index in [0.717, 1.165) is 44.9 Å². The first kappa shape index (κ1) is 27.8. The molecule has 2 N–H and O–H groups in total. The van der Waals surface area contributed by atoms with Crippen LogP contribution in [0.5, 0.6) is 5.75 Å². The van der Waals surface area contributed by atoms with Gasteiger partial charge in [-0.2, -0.15) is 0 Å². The van der Waals surface area contributed by atoms with Crippen molar-refractivity contribution in [2.24, 2.45) is 0 Å². The third-order valence-corrected chi connectivity index (χ3v) is 7.74. The highest BCUT2D eigenvalue weighted by Gasteiger charge is 2.16. The number of carbonyl (C=O) groups excluding carboxylic acids is 1. The number of fused-ring (bicyclic) bond motifs is 3. The molecule has 0 spiro atoms. The zero-order chi connectivity index (χ0) is 30.8. The van der Waals surface area contributed by atoms with Crippen LogP contribution in [0.25, 0.3) is 33.1 Å². The Morgan fingerprint density at radius 2 is 1.69 bits per heavy atom. The highest BCUT2D eigenvalue weighted by atomic mass is 16.5. The van der Waals surface area contributed by atoms with Crippen molar-refractivity contribution in [3.05, 3.63) is 138 Å². The van der Waals surface area contributed by atoms with Gasteiger partial charge >= 0.3 is 0 Å². The summed E-state index contributed by atoms with van der Waals surface area (Å²) in [6.07, 6.45) is 5.19. The second kappa shape index (κ2) is 11.9. The molecule has 220 valence electrons. The first-order valence-electron chi connectivity index (χ1n) is 14.6. The van der Waals surface area contributed by atoms with Gasteiger partial charge in [0.15, 0.2) is 0 Å². The van der Waals surface area contributed by atoms with E-state index in [4.69, 9.17) is 4.74 Å². The molecule has 0 unspecified atom stereocenters. The molecule has 3 aromatic heterocycles. The van der Waals surface area contributed by atoms with Gasteiger partial charge in [0.1, 0.15) is 5.75 Å². The van der Waals surface area contributed by atoms with Gasteiger partial charge in [-0.1, -0.05) is 36.4 Å². The standard InChI is InChI=1S/C37H30N6O2/c1-24-19-31-30-10-3-4-11-33(30)43(35(31)34(20-24)45-2)23-25-12-14-26(15-13-25)36(44)40-28-8-5-9-29(21-28)41-37-39-18-16-32(42-37)27-7-6-17-38-22-27/h3-22H,23H2,1-2H3,(H,40,44)(H,39,41,42). The fraction of sp³-hybridized carbons (Fsp3) is 0.0811. The predicted molar refractivity (Wildman–Crippen MR) is 179 cm³/mol. The molecule has 7 rings (SSSR count). The first-order chi connectivity index (χ1) is 22.1. The third kappa shape index (κ3) is 5.69. The molecule has 0 aliphatic heterocycles. The molecule has 8 nitrogen and oxygen atoms in total. The molecule has 0 saturated heterocycles. The van der Waals surface area contributed by atoms with E-state index in [2.05, 4.69) is 73.5 Å². The number of benzene rings is 4. The van der Waals surface area contributed by atoms with Crippen LogP contribution in [0.3, 0.4) is 0 Å². The van der Waals surface area contributed by atoms with Gasteiger partial charge in [-0.05, 0) is 84.8 Å². The lowest BCUT2D eigenvalue weighted by atomic mass is 10.1. The molecule has 8 heteroatoms. The first-order valence-corrected chi connectivity index (χ1v) is 14.6. The quantitative estimate of drug-likeness (QED) is 0.186. The van der Waals surface area contributed by atoms with Crippen molar-refractivity contribution in [3.63, 3.8) is 0 Å². The van der Waals surface area contributed by atoms with Gasteiger partial charge in [0.05, 0.1) is 18.3 Å². The molecule has 45 heavy (non-hydrogen) atoms. The van der Waals surface area contributed by atoms with Crippen molar-refractivity contribution in [1.29, 1.82) is 0 Å². The molecule has 0 bridgehead atoms. The number of anilines is 3. The summed E-state index contributed by atoms with van der Waals surface area (Å²) in [4.78, 5) is 26.3. The van der Waals surface area contributed by atoms with Crippen LogP contribution in [0.1, 0.15) is 21.5 Å². The van der Waals surface area contributed by atoms with Crippen LogP contribution in [-0.4, -0.2) is 32.5 Å². The molecule has 4 aromatic carbocycles. The highest BCUT2D eigenvalue weighted by Crippen LogP contribution is 2.36. The average molecular weight is 591 g/mol. The van der Waals surface area contributed by atoms with Crippen LogP contribution < -0.4 is 15.4 Å². The van der Waals surface area contributed by atoms with Crippen molar-refractivity contribution in [2.75, 3.05) is 17.7 Å². The lowest BCUT2D eigenvalue weighted by Gasteiger charge is -2.12. The number of methoxy groups -OCH3 is 1. The second-order valence-corrected chi connectivity index (χ2v) is 10.8. The number of ether oxygens (including phenoxy) is 1. The predicted octanol–water partition coefficient (Wildman–Crippen LogP) is 8.01. The molecule has 1 amide bonds. The van der Waals surface area contributed by atoms with E-state index >= 15 is 0 Å². The molecule has 0 fully saturated rings. The Hall–Kier alpha value is -6.02. The van der Waals surface area contributed by atoms with Gasteiger partial charge in [0.25, 0.3) is 5.91 Å². The van der Waals surface area contributed by atoms with Gasteiger partial charge in [-0.3, -0.25) is 9.78 Å². The summed E-state index contributed by atoms with van der Waals surface area (Å²) in [5.41, 5.74) is 8.09. The summed E-state index contributed by atoms with van der Waals surface area (Å²) in [7, 11) is 1.71. The smallest absolute Gasteiger partial charge is 0.255 e. The molecular formula is C37H30N6O2. The Labute approximate surface area is 260 Å². The van der Waals surface area contributed by atoms with E-state index in [1.54, 1.807) is 25.7 Å². The van der Waals surface area contributed by atoms with Gasteiger partial charge in [-0.25, -0.2) is 9.97 Å². The number of hydrogen-bond acceptors (Lipinski definition) is 6. The summed E-state index contributed by atoms with van der Waals surface area (Å²) in [5, 5.41) is 8.59. The maximum absolute atomic E-state index is 13.2. The maximum atomic E-state index is 13.2. The molecule has 0 aliphatic rings. The minimum Gasteiger partial charge on any atom is -0.495 e. The topological polar surface area (TPSA) is 94.0 Å². The van der Waals surface area contributed by atoms with Crippen LogP contribution >= 0.6 is 0 Å². The number of rotatable bonds is 8. The van der Waals surface area contributed by atoms with E-state index in [9.17, 15) is 4.79 Å². The van der Waals surface area contributed by atoms with Crippen LogP contribution in [0, 0.1) is 6.92 Å². The van der Waals surface area contributed by atoms with Crippen molar-refractivity contribution in [3.8, 4) is 17.0 Å². The van der Waals surface area contributed by atoms with E-state index < -0.39 is 0 Å². The Morgan fingerprint density at radius 3 is 2.51 bits per heavy atom. The number of nitrogens with one attached hydrogen (secondary N) is 2. The molecule has 0 radical (unpaired) electrons. The fourth-order valence-electron chi connectivity index (χ4n) is 5.65. The van der Waals surface area contributed by atoms with Crippen molar-refractivity contribution < 1.29 is 9.53 Å². The van der Waals surface area contributed by atoms with Gasteiger partial charge < -0.3 is 19.9 Å². The molecule has 3 heterocycles. The number of aromatic nitrogens is 4. The third-order valence-electron chi connectivity index (χ3n) is 7.74. The Morgan fingerprint density at radius 1 is 0.844 bits per heavy atom. The number of para-hydroxylation sites is 1. The number of hydrogen-bond donors (Lipinski definition) is 2. The lowest BCUT2D eigenvalue weighted by Crippen LogP contribution is -2.12. The Balaban J connectivity index is 1.08. The van der Waals surface area contributed by atoms with Crippen molar-refractivity contribution in [2.45, 2.75) is 13.5 Å². The summed E-state index contributed by atoms with van der Waals surface area (Å²) >= 11 is 0. The molecule has 0 aliphatic carbocycles. The van der Waals surface area contributed by atoms with Crippen LogP contribution in [0.15, 0.2) is 122 Å². The van der Waals surface area contributed by atoms with Crippen molar-refractivity contribution >= 4 is 45.0 Å². The number of pyridine rings is 1. The highest BCUT2D eigenvalue weighted by molar-refractivity contribution is 6.10. The van der Waals surface area contributed by atoms with Gasteiger partial charge in [-0.15, -0.1) is 0 Å². The Bertz CT molecular complexity index is 2160. The average Bonchev–Trinajstić information content (AvgIpc) is 3.38. The van der Waals surface area contributed by atoms with Gasteiger partial charge in [0, 0.05) is 63.9 Å². The SMILES string of the molecule is COc1cc(C)cc2c3ccccc3n(Cc3ccc(C(=O)Nc4cccc(Nc5nccc(-c6cccnc6)n5)c4)cc3)c12. The largest absolute Gasteiger partial charge is 0.495 e. The van der Waals surface area contributed by atoms with Crippen molar-refractivity contribution in [1.82, 2.24) is 19.5 Å². The summed E-state index contributed by atoms with van der Waals surface area (Å²) in [6.45, 7) is 2.73. The molecule has 0 saturated carbocycles. The summed E-state index contributed by atoms with van der Waals surface area (Å²) in [6, 6.07) is 33.5. The fourth-order valence-corrected chi connectivity index (χ4v) is 5.65. The normalized spacial score (nSPS) is 11.1. The number of carbonyl (C=O) groups is 1. The second-order valence-electron chi connectivity index (χ2n) is 10.8. The van der Waals surface area contributed by atoms with Gasteiger partial charge in [0.2, 0.25) is 5.95 Å². The number of aryl methyl sites for hydroxylation is 1. The number of amides is 1. The van der Waals surface area contributed by atoms with Crippen LogP contribution in [0.2, 0.25) is 0 Å². The van der Waals surface area contributed by atoms with E-state index in [1.807, 2.05) is 66.7 Å². The zero-order valence-corrected chi connectivity index (χ0v) is 24.9. The molecular weight excluding hydrogens is 560 g/mol. The monoisotopic (exact) mass is 590 g/mol. The zero-order valence-electron chi connectivity index (χ0n) is 24.9. The Kier molecular flexibility index (Phi) is 7.37.